The number of benzene rings is 1. The van der Waals surface area contributed by atoms with Crippen LogP contribution in [0.25, 0.3) is 0 Å². The minimum absolute atomic E-state index is 0.289. The first-order valence-corrected chi connectivity index (χ1v) is 6.71. The molecule has 0 amide bonds. The molecule has 2 atom stereocenters. The summed E-state index contributed by atoms with van der Waals surface area (Å²) in [5.74, 6) is 0.289. The van der Waals surface area contributed by atoms with Crippen molar-refractivity contribution in [1.29, 1.82) is 0 Å². The Bertz CT molecular complexity index is 406. The maximum atomic E-state index is 12.5. The fourth-order valence-corrected chi connectivity index (χ4v) is 2.34. The molecule has 1 aromatic carbocycles. The minimum atomic E-state index is -4.35. The molecule has 0 bridgehead atoms. The molecule has 0 saturated carbocycles. The highest BCUT2D eigenvalue weighted by Crippen LogP contribution is 2.30. The van der Waals surface area contributed by atoms with Crippen LogP contribution < -0.4 is 5.32 Å². The van der Waals surface area contributed by atoms with Gasteiger partial charge in [0.15, 0.2) is 0 Å². The lowest BCUT2D eigenvalue weighted by molar-refractivity contribution is -0.137. The van der Waals surface area contributed by atoms with Gasteiger partial charge in [0.25, 0.3) is 0 Å². The lowest BCUT2D eigenvalue weighted by Crippen LogP contribution is -2.22. The Hall–Kier alpha value is -0.880. The third-order valence-electron chi connectivity index (χ3n) is 2.37. The predicted octanol–water partition coefficient (Wildman–Crippen LogP) is 2.34. The van der Waals surface area contributed by atoms with Gasteiger partial charge in [-0.2, -0.15) is 13.2 Å². The van der Waals surface area contributed by atoms with Crippen molar-refractivity contribution in [3.8, 4) is 0 Å². The van der Waals surface area contributed by atoms with E-state index in [0.717, 1.165) is 12.1 Å². The molecule has 1 aromatic rings. The summed E-state index contributed by atoms with van der Waals surface area (Å²) in [5, 5.41) is 2.87. The van der Waals surface area contributed by atoms with E-state index in [1.54, 1.807) is 13.1 Å². The zero-order chi connectivity index (χ0) is 13.1. The highest BCUT2D eigenvalue weighted by Gasteiger charge is 2.30. The van der Waals surface area contributed by atoms with Crippen molar-refractivity contribution in [2.24, 2.45) is 0 Å². The Morgan fingerprint density at radius 3 is 2.53 bits per heavy atom. The Kier molecular flexibility index (Phi) is 4.70. The van der Waals surface area contributed by atoms with Gasteiger partial charge in [-0.1, -0.05) is 12.1 Å². The van der Waals surface area contributed by atoms with Gasteiger partial charge in [0, 0.05) is 28.9 Å². The van der Waals surface area contributed by atoms with E-state index in [4.69, 9.17) is 0 Å². The number of rotatable bonds is 4. The van der Waals surface area contributed by atoms with Crippen LogP contribution >= 0.6 is 0 Å². The van der Waals surface area contributed by atoms with E-state index in [1.165, 1.54) is 12.3 Å². The average Bonchev–Trinajstić information content (AvgIpc) is 2.24. The number of hydrogen-bond acceptors (Lipinski definition) is 2. The molecular formula is C11H14F3NOS. The van der Waals surface area contributed by atoms with Crippen molar-refractivity contribution in [1.82, 2.24) is 5.32 Å². The molecule has 0 aliphatic heterocycles. The SMILES string of the molecule is CNC(CS(C)=O)c1cccc(C(F)(F)F)c1. The first kappa shape index (κ1) is 14.2. The van der Waals surface area contributed by atoms with Crippen molar-refractivity contribution in [3.05, 3.63) is 35.4 Å². The first-order chi connectivity index (χ1) is 7.84. The Morgan fingerprint density at radius 1 is 1.41 bits per heavy atom. The summed E-state index contributed by atoms with van der Waals surface area (Å²) in [4.78, 5) is 0. The van der Waals surface area contributed by atoms with Crippen molar-refractivity contribution < 1.29 is 17.4 Å². The summed E-state index contributed by atoms with van der Waals surface area (Å²) < 4.78 is 48.7. The summed E-state index contributed by atoms with van der Waals surface area (Å²) in [5.41, 5.74) is -0.185. The summed E-state index contributed by atoms with van der Waals surface area (Å²) in [6, 6.07) is 4.75. The third-order valence-corrected chi connectivity index (χ3v) is 3.17. The molecule has 0 aliphatic carbocycles. The van der Waals surface area contributed by atoms with Gasteiger partial charge in [0.05, 0.1) is 5.56 Å². The lowest BCUT2D eigenvalue weighted by Gasteiger charge is -2.17. The molecule has 0 heterocycles. The Balaban J connectivity index is 3.01. The highest BCUT2D eigenvalue weighted by atomic mass is 32.2. The quantitative estimate of drug-likeness (QED) is 0.905. The minimum Gasteiger partial charge on any atom is -0.312 e. The van der Waals surface area contributed by atoms with Gasteiger partial charge in [-0.15, -0.1) is 0 Å². The molecule has 0 aliphatic rings. The summed E-state index contributed by atoms with van der Waals surface area (Å²) in [6.07, 6.45) is -2.82. The summed E-state index contributed by atoms with van der Waals surface area (Å²) >= 11 is 0. The molecule has 0 radical (unpaired) electrons. The molecule has 2 unspecified atom stereocenters. The fraction of sp³-hybridized carbons (Fsp3) is 0.455. The van der Waals surface area contributed by atoms with Crippen LogP contribution in [-0.4, -0.2) is 23.3 Å². The molecule has 1 rings (SSSR count). The van der Waals surface area contributed by atoms with Gasteiger partial charge in [-0.3, -0.25) is 4.21 Å². The van der Waals surface area contributed by atoms with Crippen molar-refractivity contribution >= 4 is 10.8 Å². The molecule has 96 valence electrons. The molecule has 17 heavy (non-hydrogen) atoms. The van der Waals surface area contributed by atoms with Crippen molar-refractivity contribution in [2.75, 3.05) is 19.1 Å². The molecule has 0 saturated heterocycles. The van der Waals surface area contributed by atoms with Gasteiger partial charge in [-0.05, 0) is 24.7 Å². The van der Waals surface area contributed by atoms with Crippen LogP contribution in [0.1, 0.15) is 17.2 Å². The standard InChI is InChI=1S/C11H14F3NOS/c1-15-10(7-17(2)16)8-4-3-5-9(6-8)11(12,13)14/h3-6,10,15H,7H2,1-2H3. The second-order valence-electron chi connectivity index (χ2n) is 3.70. The van der Waals surface area contributed by atoms with E-state index in [2.05, 4.69) is 5.32 Å². The van der Waals surface area contributed by atoms with Gasteiger partial charge in [0.1, 0.15) is 0 Å². The van der Waals surface area contributed by atoms with E-state index in [-0.39, 0.29) is 11.8 Å². The molecule has 2 nitrogen and oxygen atoms in total. The topological polar surface area (TPSA) is 29.1 Å². The number of alkyl halides is 3. The maximum Gasteiger partial charge on any atom is 0.416 e. The van der Waals surface area contributed by atoms with Crippen molar-refractivity contribution in [3.63, 3.8) is 0 Å². The normalized spacial score (nSPS) is 15.6. The second kappa shape index (κ2) is 5.64. The van der Waals surface area contributed by atoms with E-state index in [1.807, 2.05) is 0 Å². The van der Waals surface area contributed by atoms with Crippen LogP contribution in [0, 0.1) is 0 Å². The van der Waals surface area contributed by atoms with Crippen LogP contribution in [0.15, 0.2) is 24.3 Å². The molecule has 0 fully saturated rings. The van der Waals surface area contributed by atoms with E-state index in [9.17, 15) is 17.4 Å². The van der Waals surface area contributed by atoms with Crippen LogP contribution in [0.3, 0.4) is 0 Å². The molecule has 0 aromatic heterocycles. The van der Waals surface area contributed by atoms with Gasteiger partial charge in [0.2, 0.25) is 0 Å². The first-order valence-electron chi connectivity index (χ1n) is 4.99. The Labute approximate surface area is 101 Å². The molecule has 6 heteroatoms. The summed E-state index contributed by atoms with van der Waals surface area (Å²) in [6.45, 7) is 0. The van der Waals surface area contributed by atoms with Crippen molar-refractivity contribution in [2.45, 2.75) is 12.2 Å². The summed E-state index contributed by atoms with van der Waals surface area (Å²) in [7, 11) is 0.569. The van der Waals surface area contributed by atoms with Gasteiger partial charge >= 0.3 is 6.18 Å². The second-order valence-corrected chi connectivity index (χ2v) is 5.18. The smallest absolute Gasteiger partial charge is 0.312 e. The maximum absolute atomic E-state index is 12.5. The van der Waals surface area contributed by atoms with E-state index < -0.39 is 22.5 Å². The molecule has 0 spiro atoms. The largest absolute Gasteiger partial charge is 0.416 e. The number of hydrogen-bond donors (Lipinski definition) is 1. The van der Waals surface area contributed by atoms with Gasteiger partial charge < -0.3 is 5.32 Å². The average molecular weight is 265 g/mol. The van der Waals surface area contributed by atoms with Crippen LogP contribution in [0.5, 0.6) is 0 Å². The third kappa shape index (κ3) is 4.12. The lowest BCUT2D eigenvalue weighted by atomic mass is 10.1. The van der Waals surface area contributed by atoms with E-state index in [0.29, 0.717) is 5.56 Å². The van der Waals surface area contributed by atoms with E-state index >= 15 is 0 Å². The Morgan fingerprint density at radius 2 is 2.06 bits per heavy atom. The number of nitrogens with one attached hydrogen (secondary N) is 1. The number of halogens is 3. The predicted molar refractivity (Wildman–Crippen MR) is 62.2 cm³/mol. The fourth-order valence-electron chi connectivity index (χ4n) is 1.51. The monoisotopic (exact) mass is 265 g/mol. The van der Waals surface area contributed by atoms with Crippen LogP contribution in [-0.2, 0) is 17.0 Å². The van der Waals surface area contributed by atoms with Crippen LogP contribution in [0.2, 0.25) is 0 Å². The molecular weight excluding hydrogens is 251 g/mol. The van der Waals surface area contributed by atoms with Gasteiger partial charge in [-0.25, -0.2) is 0 Å². The highest BCUT2D eigenvalue weighted by molar-refractivity contribution is 7.84. The van der Waals surface area contributed by atoms with Crippen LogP contribution in [0.4, 0.5) is 13.2 Å². The molecule has 1 N–H and O–H groups in total. The zero-order valence-electron chi connectivity index (χ0n) is 9.54. The zero-order valence-corrected chi connectivity index (χ0v) is 10.4.